The van der Waals surface area contributed by atoms with E-state index < -0.39 is 0 Å². The zero-order valence-electron chi connectivity index (χ0n) is 7.93. The lowest BCUT2D eigenvalue weighted by atomic mass is 10.1. The van der Waals surface area contributed by atoms with E-state index >= 15 is 0 Å². The Morgan fingerprint density at radius 2 is 2.21 bits per heavy atom. The highest BCUT2D eigenvalue weighted by Crippen LogP contribution is 2.23. The van der Waals surface area contributed by atoms with E-state index in [0.29, 0.717) is 6.42 Å². The maximum absolute atomic E-state index is 11.1. The van der Waals surface area contributed by atoms with Crippen LogP contribution in [0.15, 0.2) is 16.6 Å². The van der Waals surface area contributed by atoms with Crippen LogP contribution in [0, 0.1) is 10.5 Å². The van der Waals surface area contributed by atoms with Crippen molar-refractivity contribution >= 4 is 44.5 Å². The number of hydrogen-bond acceptors (Lipinski definition) is 2. The molecule has 0 aliphatic carbocycles. The highest BCUT2D eigenvalue weighted by molar-refractivity contribution is 14.1. The van der Waals surface area contributed by atoms with E-state index in [4.69, 9.17) is 0 Å². The summed E-state index contributed by atoms with van der Waals surface area (Å²) in [6.07, 6.45) is 0.313. The molecule has 0 saturated heterocycles. The predicted octanol–water partition coefficient (Wildman–Crippen LogP) is 3.08. The summed E-state index contributed by atoms with van der Waals surface area (Å²) >= 11 is 5.68. The number of carbonyl (C=O) groups excluding carboxylic acids is 1. The minimum atomic E-state index is -0.217. The third kappa shape index (κ3) is 2.95. The topological polar surface area (TPSA) is 26.3 Å². The number of carbonyl (C=O) groups is 1. The summed E-state index contributed by atoms with van der Waals surface area (Å²) in [5.74, 6) is -0.217. The van der Waals surface area contributed by atoms with Crippen molar-refractivity contribution in [2.24, 2.45) is 0 Å². The van der Waals surface area contributed by atoms with Crippen molar-refractivity contribution in [1.29, 1.82) is 0 Å². The van der Waals surface area contributed by atoms with Crippen LogP contribution in [0.1, 0.15) is 11.1 Å². The first-order chi connectivity index (χ1) is 6.54. The Morgan fingerprint density at radius 3 is 2.79 bits per heavy atom. The lowest BCUT2D eigenvalue weighted by Gasteiger charge is -2.06. The van der Waals surface area contributed by atoms with Gasteiger partial charge in [0.25, 0.3) is 0 Å². The summed E-state index contributed by atoms with van der Waals surface area (Å²) in [7, 11) is 1.40. The Balaban J connectivity index is 2.98. The van der Waals surface area contributed by atoms with Gasteiger partial charge in [0.1, 0.15) is 0 Å². The van der Waals surface area contributed by atoms with Gasteiger partial charge in [-0.2, -0.15) is 0 Å². The van der Waals surface area contributed by atoms with Crippen LogP contribution in [-0.4, -0.2) is 13.1 Å². The highest BCUT2D eigenvalue weighted by atomic mass is 127. The number of ether oxygens (including phenoxy) is 1. The molecule has 0 radical (unpaired) electrons. The second kappa shape index (κ2) is 5.11. The molecule has 0 amide bonds. The lowest BCUT2D eigenvalue weighted by molar-refractivity contribution is -0.139. The first kappa shape index (κ1) is 12.0. The van der Waals surface area contributed by atoms with Crippen LogP contribution in [0.4, 0.5) is 0 Å². The largest absolute Gasteiger partial charge is 0.469 e. The first-order valence-electron chi connectivity index (χ1n) is 4.06. The predicted molar refractivity (Wildman–Crippen MR) is 67.3 cm³/mol. The summed E-state index contributed by atoms with van der Waals surface area (Å²) in [5, 5.41) is 0. The fourth-order valence-electron chi connectivity index (χ4n) is 1.05. The molecule has 0 unspecified atom stereocenters. The van der Waals surface area contributed by atoms with Crippen LogP contribution < -0.4 is 0 Å². The van der Waals surface area contributed by atoms with Crippen molar-refractivity contribution < 1.29 is 9.53 Å². The molecule has 0 aliphatic rings. The maximum atomic E-state index is 11.1. The van der Waals surface area contributed by atoms with Crippen molar-refractivity contribution in [2.75, 3.05) is 7.11 Å². The Labute approximate surface area is 105 Å². The van der Waals surface area contributed by atoms with Crippen molar-refractivity contribution in [3.05, 3.63) is 31.3 Å². The second-order valence-corrected chi connectivity index (χ2v) is 4.96. The molecule has 0 saturated carbocycles. The Morgan fingerprint density at radius 1 is 1.57 bits per heavy atom. The molecule has 0 heterocycles. The third-order valence-corrected chi connectivity index (χ3v) is 3.79. The average Bonchev–Trinajstić information content (AvgIpc) is 2.14. The number of aryl methyl sites for hydroxylation is 1. The maximum Gasteiger partial charge on any atom is 0.310 e. The van der Waals surface area contributed by atoms with Crippen molar-refractivity contribution in [2.45, 2.75) is 13.3 Å². The minimum Gasteiger partial charge on any atom is -0.469 e. The van der Waals surface area contributed by atoms with E-state index in [-0.39, 0.29) is 5.97 Å². The van der Waals surface area contributed by atoms with E-state index in [1.807, 2.05) is 19.1 Å². The molecule has 2 nitrogen and oxygen atoms in total. The molecule has 4 heteroatoms. The molecule has 14 heavy (non-hydrogen) atoms. The van der Waals surface area contributed by atoms with Crippen LogP contribution in [-0.2, 0) is 16.0 Å². The van der Waals surface area contributed by atoms with Crippen LogP contribution in [0.3, 0.4) is 0 Å². The van der Waals surface area contributed by atoms with Crippen molar-refractivity contribution in [3.8, 4) is 0 Å². The normalized spacial score (nSPS) is 10.0. The molecule has 76 valence electrons. The number of hydrogen-bond donors (Lipinski definition) is 0. The zero-order chi connectivity index (χ0) is 10.7. The molecule has 1 aromatic carbocycles. The van der Waals surface area contributed by atoms with Gasteiger partial charge >= 0.3 is 5.97 Å². The van der Waals surface area contributed by atoms with E-state index in [1.165, 1.54) is 12.7 Å². The van der Waals surface area contributed by atoms with Gasteiger partial charge in [0.2, 0.25) is 0 Å². The Bertz CT molecular complexity index is 363. The van der Waals surface area contributed by atoms with E-state index in [9.17, 15) is 4.79 Å². The molecule has 0 aliphatic heterocycles. The Kier molecular flexibility index (Phi) is 4.37. The van der Waals surface area contributed by atoms with Crippen LogP contribution in [0.5, 0.6) is 0 Å². The standard InChI is InChI=1S/C10H10BrIO2/c1-6-3-8(11)7(4-9(6)12)5-10(13)14-2/h3-4H,5H2,1-2H3. The Hall–Kier alpha value is -0.100. The van der Waals surface area contributed by atoms with E-state index in [2.05, 4.69) is 43.3 Å². The summed E-state index contributed by atoms with van der Waals surface area (Å²) in [6, 6.07) is 4.01. The molecule has 0 aromatic heterocycles. The third-order valence-electron chi connectivity index (χ3n) is 1.89. The fourth-order valence-corrected chi connectivity index (χ4v) is 2.18. The second-order valence-electron chi connectivity index (χ2n) is 2.95. The van der Waals surface area contributed by atoms with Gasteiger partial charge in [-0.05, 0) is 52.8 Å². The van der Waals surface area contributed by atoms with Crippen LogP contribution >= 0.6 is 38.5 Å². The van der Waals surface area contributed by atoms with Gasteiger partial charge in [-0.15, -0.1) is 0 Å². The van der Waals surface area contributed by atoms with Crippen molar-refractivity contribution in [3.63, 3.8) is 0 Å². The smallest absolute Gasteiger partial charge is 0.310 e. The number of halogens is 2. The van der Waals surface area contributed by atoms with Gasteiger partial charge in [-0.1, -0.05) is 15.9 Å². The van der Waals surface area contributed by atoms with Gasteiger partial charge in [0.15, 0.2) is 0 Å². The van der Waals surface area contributed by atoms with Gasteiger partial charge in [0, 0.05) is 8.04 Å². The fraction of sp³-hybridized carbons (Fsp3) is 0.300. The quantitative estimate of drug-likeness (QED) is 0.592. The highest BCUT2D eigenvalue weighted by Gasteiger charge is 2.08. The number of benzene rings is 1. The number of esters is 1. The first-order valence-corrected chi connectivity index (χ1v) is 5.93. The minimum absolute atomic E-state index is 0.217. The summed E-state index contributed by atoms with van der Waals surface area (Å²) in [4.78, 5) is 11.1. The molecular formula is C10H10BrIO2. The van der Waals surface area contributed by atoms with Gasteiger partial charge in [-0.25, -0.2) is 0 Å². The summed E-state index contributed by atoms with van der Waals surface area (Å²) < 4.78 is 6.73. The molecule has 1 rings (SSSR count). The van der Waals surface area contributed by atoms with Gasteiger partial charge in [-0.3, -0.25) is 4.79 Å². The van der Waals surface area contributed by atoms with E-state index in [1.54, 1.807) is 0 Å². The number of rotatable bonds is 2. The summed E-state index contributed by atoms with van der Waals surface area (Å²) in [6.45, 7) is 2.04. The molecule has 0 fully saturated rings. The summed E-state index contributed by atoms with van der Waals surface area (Å²) in [5.41, 5.74) is 2.16. The average molecular weight is 369 g/mol. The number of methoxy groups -OCH3 is 1. The molecule has 0 N–H and O–H groups in total. The monoisotopic (exact) mass is 368 g/mol. The zero-order valence-corrected chi connectivity index (χ0v) is 11.7. The molecule has 0 atom stereocenters. The van der Waals surface area contributed by atoms with Crippen LogP contribution in [0.25, 0.3) is 0 Å². The van der Waals surface area contributed by atoms with Crippen LogP contribution in [0.2, 0.25) is 0 Å². The molecule has 1 aromatic rings. The lowest BCUT2D eigenvalue weighted by Crippen LogP contribution is -2.05. The molecule has 0 bridgehead atoms. The van der Waals surface area contributed by atoms with Gasteiger partial charge < -0.3 is 4.74 Å². The molecule has 0 spiro atoms. The van der Waals surface area contributed by atoms with Gasteiger partial charge in [0.05, 0.1) is 13.5 Å². The van der Waals surface area contributed by atoms with E-state index in [0.717, 1.165) is 13.6 Å². The van der Waals surface area contributed by atoms with Crippen molar-refractivity contribution in [1.82, 2.24) is 0 Å². The molecular weight excluding hydrogens is 359 g/mol. The SMILES string of the molecule is COC(=O)Cc1cc(I)c(C)cc1Br.